The van der Waals surface area contributed by atoms with Crippen LogP contribution in [0.2, 0.25) is 5.02 Å². The lowest BCUT2D eigenvalue weighted by atomic mass is 10.1. The lowest BCUT2D eigenvalue weighted by Gasteiger charge is -2.24. The number of rotatable bonds is 6. The van der Waals surface area contributed by atoms with Crippen LogP contribution in [-0.4, -0.2) is 46.9 Å². The Kier molecular flexibility index (Phi) is 4.78. The number of halogens is 2. The van der Waals surface area contributed by atoms with Gasteiger partial charge in [-0.15, -0.1) is 0 Å². The predicted molar refractivity (Wildman–Crippen MR) is 96.2 cm³/mol. The second-order valence-electron chi connectivity index (χ2n) is 7.59. The lowest BCUT2D eigenvalue weighted by Crippen LogP contribution is -2.43. The smallest absolute Gasteiger partial charge is 0.317 e. The van der Waals surface area contributed by atoms with Gasteiger partial charge in [-0.1, -0.05) is 17.7 Å². The Balaban J connectivity index is 1.35. The summed E-state index contributed by atoms with van der Waals surface area (Å²) in [4.78, 5) is 28.3. The Morgan fingerprint density at radius 1 is 1.31 bits per heavy atom. The van der Waals surface area contributed by atoms with Crippen molar-refractivity contribution < 1.29 is 14.0 Å². The van der Waals surface area contributed by atoms with E-state index < -0.39 is 5.82 Å². The third-order valence-corrected chi connectivity index (χ3v) is 5.76. The molecule has 3 aliphatic rings. The molecular formula is C19H23ClFN3O2. The van der Waals surface area contributed by atoms with E-state index in [9.17, 15) is 14.0 Å². The van der Waals surface area contributed by atoms with Crippen molar-refractivity contribution in [1.29, 1.82) is 0 Å². The molecule has 1 aromatic carbocycles. The first-order chi connectivity index (χ1) is 12.5. The summed E-state index contributed by atoms with van der Waals surface area (Å²) in [5.41, 5.74) is 0.354. The number of hydrogen-bond acceptors (Lipinski definition) is 2. The minimum Gasteiger partial charge on any atom is -0.339 e. The highest BCUT2D eigenvalue weighted by Crippen LogP contribution is 2.33. The first-order valence-electron chi connectivity index (χ1n) is 9.29. The van der Waals surface area contributed by atoms with Crippen molar-refractivity contribution in [3.8, 4) is 0 Å². The Morgan fingerprint density at radius 2 is 2.08 bits per heavy atom. The second kappa shape index (κ2) is 7.06. The van der Waals surface area contributed by atoms with Crippen molar-refractivity contribution in [2.75, 3.05) is 13.1 Å². The Labute approximate surface area is 157 Å². The molecule has 0 unspecified atom stereocenters. The zero-order chi connectivity index (χ0) is 18.3. The average molecular weight is 380 g/mol. The predicted octanol–water partition coefficient (Wildman–Crippen LogP) is 3.16. The van der Waals surface area contributed by atoms with E-state index in [2.05, 4.69) is 5.32 Å². The van der Waals surface area contributed by atoms with Crippen molar-refractivity contribution >= 4 is 23.5 Å². The summed E-state index contributed by atoms with van der Waals surface area (Å²) in [7, 11) is 0. The maximum Gasteiger partial charge on any atom is 0.317 e. The van der Waals surface area contributed by atoms with Crippen LogP contribution < -0.4 is 5.32 Å². The number of nitrogens with zero attached hydrogens (tertiary/aromatic N) is 2. The largest absolute Gasteiger partial charge is 0.339 e. The molecule has 26 heavy (non-hydrogen) atoms. The van der Waals surface area contributed by atoms with Gasteiger partial charge in [0, 0.05) is 48.1 Å². The topological polar surface area (TPSA) is 52.7 Å². The van der Waals surface area contributed by atoms with Gasteiger partial charge >= 0.3 is 6.03 Å². The third-order valence-electron chi connectivity index (χ3n) is 5.41. The molecule has 1 saturated heterocycles. The Hall–Kier alpha value is -1.82. The number of carbonyl (C=O) groups excluding carboxylic acids is 2. The van der Waals surface area contributed by atoms with E-state index in [-0.39, 0.29) is 30.4 Å². The van der Waals surface area contributed by atoms with Crippen molar-refractivity contribution in [3.05, 3.63) is 34.6 Å². The van der Waals surface area contributed by atoms with E-state index in [4.69, 9.17) is 11.6 Å². The third kappa shape index (κ3) is 3.80. The van der Waals surface area contributed by atoms with Gasteiger partial charge in [-0.05, 0) is 37.8 Å². The Bertz CT molecular complexity index is 700. The van der Waals surface area contributed by atoms with E-state index >= 15 is 0 Å². The summed E-state index contributed by atoms with van der Waals surface area (Å²) in [5.74, 6) is -0.0356. The highest BCUT2D eigenvalue weighted by Gasteiger charge is 2.40. The van der Waals surface area contributed by atoms with Crippen LogP contribution >= 0.6 is 11.6 Å². The maximum atomic E-state index is 14.1. The maximum absolute atomic E-state index is 14.1. The van der Waals surface area contributed by atoms with Gasteiger partial charge in [0.25, 0.3) is 0 Å². The number of carbonyl (C=O) groups is 2. The zero-order valence-electron chi connectivity index (χ0n) is 14.6. The number of nitrogens with one attached hydrogen (secondary N) is 1. The molecule has 140 valence electrons. The molecule has 3 fully saturated rings. The van der Waals surface area contributed by atoms with Crippen LogP contribution in [0.5, 0.6) is 0 Å². The average Bonchev–Trinajstić information content (AvgIpc) is 3.51. The minimum absolute atomic E-state index is 0.138. The number of likely N-dealkylation sites (tertiary alicyclic amines) is 1. The van der Waals surface area contributed by atoms with E-state index in [0.717, 1.165) is 32.2 Å². The molecule has 1 aliphatic heterocycles. The summed E-state index contributed by atoms with van der Waals surface area (Å²) < 4.78 is 14.1. The molecule has 1 aromatic rings. The van der Waals surface area contributed by atoms with Crippen LogP contribution in [0.4, 0.5) is 9.18 Å². The molecule has 0 aromatic heterocycles. The second-order valence-corrected chi connectivity index (χ2v) is 8.00. The first-order valence-corrected chi connectivity index (χ1v) is 9.67. The number of hydrogen-bond donors (Lipinski definition) is 1. The molecule has 7 heteroatoms. The van der Waals surface area contributed by atoms with Gasteiger partial charge in [-0.3, -0.25) is 4.79 Å². The molecular weight excluding hydrogens is 357 g/mol. The van der Waals surface area contributed by atoms with Gasteiger partial charge in [0.2, 0.25) is 5.91 Å². The highest BCUT2D eigenvalue weighted by atomic mass is 35.5. The van der Waals surface area contributed by atoms with E-state index in [0.29, 0.717) is 29.6 Å². The standard InChI is InChI=1S/C19H23ClFN3O2/c20-16-2-1-3-17(21)15(16)11-24(14-6-7-14)19(26)22-9-12-8-18(25)23(10-12)13-4-5-13/h1-3,12-14H,4-11H2,(H,22,26)/t12-/m0/s1. The first kappa shape index (κ1) is 17.6. The minimum atomic E-state index is -0.391. The molecule has 5 nitrogen and oxygen atoms in total. The fourth-order valence-electron chi connectivity index (χ4n) is 3.62. The van der Waals surface area contributed by atoms with Gasteiger partial charge in [0.05, 0.1) is 6.54 Å². The molecule has 0 spiro atoms. The lowest BCUT2D eigenvalue weighted by molar-refractivity contribution is -0.128. The zero-order valence-corrected chi connectivity index (χ0v) is 15.3. The molecule has 3 amide bonds. The molecule has 4 rings (SSSR count). The van der Waals surface area contributed by atoms with Gasteiger partial charge < -0.3 is 15.1 Å². The van der Waals surface area contributed by atoms with Crippen LogP contribution in [0.15, 0.2) is 18.2 Å². The highest BCUT2D eigenvalue weighted by molar-refractivity contribution is 6.31. The van der Waals surface area contributed by atoms with Crippen molar-refractivity contribution in [2.45, 2.75) is 50.7 Å². The van der Waals surface area contributed by atoms with Crippen molar-refractivity contribution in [3.63, 3.8) is 0 Å². The summed E-state index contributed by atoms with van der Waals surface area (Å²) in [5, 5.41) is 3.29. The molecule has 2 aliphatic carbocycles. The van der Waals surface area contributed by atoms with Crippen molar-refractivity contribution in [1.82, 2.24) is 15.1 Å². The van der Waals surface area contributed by atoms with E-state index in [1.165, 1.54) is 6.07 Å². The summed E-state index contributed by atoms with van der Waals surface area (Å²) in [6, 6.07) is 4.92. The van der Waals surface area contributed by atoms with Crippen LogP contribution in [0.1, 0.15) is 37.7 Å². The number of urea groups is 1. The molecule has 1 atom stereocenters. The summed E-state index contributed by atoms with van der Waals surface area (Å²) in [6.45, 7) is 1.37. The summed E-state index contributed by atoms with van der Waals surface area (Å²) in [6.07, 6.45) is 4.56. The Morgan fingerprint density at radius 3 is 2.73 bits per heavy atom. The molecule has 2 saturated carbocycles. The normalized spacial score (nSPS) is 22.6. The van der Waals surface area contributed by atoms with Crippen LogP contribution in [0.3, 0.4) is 0 Å². The van der Waals surface area contributed by atoms with Gasteiger partial charge in [-0.25, -0.2) is 9.18 Å². The van der Waals surface area contributed by atoms with Gasteiger partial charge in [-0.2, -0.15) is 0 Å². The molecule has 0 bridgehead atoms. The van der Waals surface area contributed by atoms with Crippen LogP contribution in [0, 0.1) is 11.7 Å². The van der Waals surface area contributed by atoms with Crippen molar-refractivity contribution in [2.24, 2.45) is 5.92 Å². The number of benzene rings is 1. The van der Waals surface area contributed by atoms with E-state index in [1.807, 2.05) is 4.90 Å². The van der Waals surface area contributed by atoms with E-state index in [1.54, 1.807) is 17.0 Å². The quantitative estimate of drug-likeness (QED) is 0.825. The summed E-state index contributed by atoms with van der Waals surface area (Å²) >= 11 is 6.11. The van der Waals surface area contributed by atoms with Gasteiger partial charge in [0.15, 0.2) is 0 Å². The monoisotopic (exact) mass is 379 g/mol. The molecule has 1 N–H and O–H groups in total. The molecule has 0 radical (unpaired) electrons. The van der Waals surface area contributed by atoms with Crippen LogP contribution in [-0.2, 0) is 11.3 Å². The fraction of sp³-hybridized carbons (Fsp3) is 0.579. The fourth-order valence-corrected chi connectivity index (χ4v) is 3.85. The number of amides is 3. The van der Waals surface area contributed by atoms with Crippen LogP contribution in [0.25, 0.3) is 0 Å². The SMILES string of the molecule is O=C1C[C@@H](CNC(=O)N(Cc2c(F)cccc2Cl)C2CC2)CN1C1CC1. The molecule has 1 heterocycles. The van der Waals surface area contributed by atoms with Gasteiger partial charge in [0.1, 0.15) is 5.82 Å².